The van der Waals surface area contributed by atoms with Crippen LogP contribution in [0.4, 0.5) is 17.1 Å². The smallest absolute Gasteiger partial charge is 0.175 e. The average Bonchev–Trinajstić information content (AvgIpc) is 3.49. The van der Waals surface area contributed by atoms with E-state index in [1.165, 1.54) is 55.3 Å². The maximum atomic E-state index is 15.7. The molecule has 0 bridgehead atoms. The molecule has 0 aliphatic carbocycles. The fraction of sp³-hybridized carbons (Fsp3) is 0.0870. The molecule has 1 aliphatic heterocycles. The molecule has 9 rings (SSSR count). The quantitative estimate of drug-likeness (QED) is 0.175. The highest BCUT2D eigenvalue weighted by atomic mass is 31.2. The number of rotatable bonds is 4. The third kappa shape index (κ3) is 4.27. The third-order valence-corrected chi connectivity index (χ3v) is 14.0. The van der Waals surface area contributed by atoms with Gasteiger partial charge in [-0.15, -0.1) is 0 Å². The molecule has 8 aromatic rings. The van der Waals surface area contributed by atoms with Crippen LogP contribution in [-0.4, -0.2) is 4.57 Å². The number of hydrogen-bond acceptors (Lipinski definition) is 2. The summed E-state index contributed by atoms with van der Waals surface area (Å²) in [6, 6.07) is 52.7. The zero-order valence-corrected chi connectivity index (χ0v) is 29.6. The Hall–Kier alpha value is -5.63. The molecule has 50 heavy (non-hydrogen) atoms. The lowest BCUT2D eigenvalue weighted by Gasteiger charge is -2.38. The molecule has 7 aromatic carbocycles. The van der Waals surface area contributed by atoms with Crippen molar-refractivity contribution in [3.63, 3.8) is 0 Å². The van der Waals surface area contributed by atoms with Gasteiger partial charge >= 0.3 is 0 Å². The van der Waals surface area contributed by atoms with E-state index in [1.807, 2.05) is 54.6 Å². The minimum absolute atomic E-state index is 0.851. The topological polar surface area (TPSA) is 25.2 Å². The maximum Gasteiger partial charge on any atom is 0.175 e. The lowest BCUT2D eigenvalue weighted by Crippen LogP contribution is -2.36. The number of benzene rings is 7. The van der Waals surface area contributed by atoms with Gasteiger partial charge in [0.2, 0.25) is 0 Å². The highest BCUT2D eigenvalue weighted by Crippen LogP contribution is 2.55. The molecule has 0 fully saturated rings. The highest BCUT2D eigenvalue weighted by Gasteiger charge is 2.41. The van der Waals surface area contributed by atoms with Gasteiger partial charge in [0.15, 0.2) is 7.14 Å². The summed E-state index contributed by atoms with van der Waals surface area (Å²) in [7, 11) is -3.19. The Morgan fingerprint density at radius 3 is 1.64 bits per heavy atom. The van der Waals surface area contributed by atoms with Gasteiger partial charge in [0.1, 0.15) is 0 Å². The van der Waals surface area contributed by atoms with Crippen LogP contribution in [0.25, 0.3) is 38.6 Å². The van der Waals surface area contributed by atoms with Gasteiger partial charge in [-0.2, -0.15) is 0 Å². The SMILES string of the molecule is Cc1c(C)c(-n2c3ccccc3c3ccccc32)c(C)c(C)c1-c1ccc2c(c1)N(c1ccccc1)c1ccccc1P2(=O)c1ccccc1. The maximum absolute atomic E-state index is 15.7. The van der Waals surface area contributed by atoms with Gasteiger partial charge in [-0.3, -0.25) is 0 Å². The molecule has 2 heterocycles. The van der Waals surface area contributed by atoms with E-state index in [-0.39, 0.29) is 0 Å². The number of para-hydroxylation sites is 4. The van der Waals surface area contributed by atoms with Crippen LogP contribution in [0.5, 0.6) is 0 Å². The summed E-state index contributed by atoms with van der Waals surface area (Å²) in [5.74, 6) is 0. The van der Waals surface area contributed by atoms with Crippen molar-refractivity contribution in [3.05, 3.63) is 174 Å². The van der Waals surface area contributed by atoms with Crippen molar-refractivity contribution < 1.29 is 4.57 Å². The molecule has 0 amide bonds. The van der Waals surface area contributed by atoms with Crippen molar-refractivity contribution in [1.82, 2.24) is 4.57 Å². The molecule has 0 spiro atoms. The Bertz CT molecular complexity index is 2590. The van der Waals surface area contributed by atoms with Gasteiger partial charge in [-0.1, -0.05) is 103 Å². The normalized spacial score (nSPS) is 15.3. The van der Waals surface area contributed by atoms with Crippen LogP contribution in [0.1, 0.15) is 22.3 Å². The fourth-order valence-electron chi connectivity index (χ4n) is 8.30. The molecule has 1 atom stereocenters. The Balaban J connectivity index is 1.31. The van der Waals surface area contributed by atoms with Crippen LogP contribution in [0.3, 0.4) is 0 Å². The molecular formula is C46H37N2OP. The molecule has 242 valence electrons. The molecule has 1 unspecified atom stereocenters. The molecule has 0 saturated heterocycles. The van der Waals surface area contributed by atoms with Crippen molar-refractivity contribution in [3.8, 4) is 16.8 Å². The van der Waals surface area contributed by atoms with Crippen molar-refractivity contribution in [2.24, 2.45) is 0 Å². The van der Waals surface area contributed by atoms with Crippen molar-refractivity contribution in [2.75, 3.05) is 4.90 Å². The van der Waals surface area contributed by atoms with Gasteiger partial charge in [0.25, 0.3) is 0 Å². The van der Waals surface area contributed by atoms with E-state index in [0.717, 1.165) is 38.5 Å². The summed E-state index contributed by atoms with van der Waals surface area (Å²) >= 11 is 0. The van der Waals surface area contributed by atoms with Crippen LogP contribution >= 0.6 is 7.14 Å². The summed E-state index contributed by atoms with van der Waals surface area (Å²) in [5, 5.41) is 5.11. The summed E-state index contributed by atoms with van der Waals surface area (Å²) in [5.41, 5.74) is 14.0. The second-order valence-corrected chi connectivity index (χ2v) is 16.1. The van der Waals surface area contributed by atoms with Crippen LogP contribution in [0, 0.1) is 27.7 Å². The van der Waals surface area contributed by atoms with Crippen molar-refractivity contribution >= 4 is 61.9 Å². The van der Waals surface area contributed by atoms with Crippen LogP contribution in [0.15, 0.2) is 152 Å². The lowest BCUT2D eigenvalue weighted by atomic mass is 9.87. The highest BCUT2D eigenvalue weighted by molar-refractivity contribution is 7.86. The van der Waals surface area contributed by atoms with Gasteiger partial charge in [0, 0.05) is 32.4 Å². The van der Waals surface area contributed by atoms with E-state index in [1.54, 1.807) is 0 Å². The first-order valence-corrected chi connectivity index (χ1v) is 18.9. The van der Waals surface area contributed by atoms with Crippen LogP contribution in [-0.2, 0) is 4.57 Å². The summed E-state index contributed by atoms with van der Waals surface area (Å²) < 4.78 is 18.2. The zero-order chi connectivity index (χ0) is 34.1. The molecule has 1 aromatic heterocycles. The molecule has 1 aliphatic rings. The molecule has 3 nitrogen and oxygen atoms in total. The number of fused-ring (bicyclic) bond motifs is 5. The number of nitrogens with zero attached hydrogens (tertiary/aromatic N) is 2. The Kier molecular flexibility index (Phi) is 6.98. The molecular weight excluding hydrogens is 627 g/mol. The van der Waals surface area contributed by atoms with E-state index in [0.29, 0.717) is 0 Å². The monoisotopic (exact) mass is 664 g/mol. The molecule has 0 saturated carbocycles. The minimum Gasteiger partial charge on any atom is -0.309 e. The molecule has 4 heteroatoms. The van der Waals surface area contributed by atoms with E-state index in [4.69, 9.17) is 0 Å². The molecule has 0 radical (unpaired) electrons. The number of hydrogen-bond donors (Lipinski definition) is 0. The number of aromatic nitrogens is 1. The van der Waals surface area contributed by atoms with Gasteiger partial charge in [0.05, 0.1) is 28.1 Å². The van der Waals surface area contributed by atoms with Gasteiger partial charge in [-0.25, -0.2) is 0 Å². The van der Waals surface area contributed by atoms with Gasteiger partial charge in [-0.05, 0) is 110 Å². The Morgan fingerprint density at radius 1 is 0.480 bits per heavy atom. The van der Waals surface area contributed by atoms with Crippen LogP contribution in [0.2, 0.25) is 0 Å². The summed E-state index contributed by atoms with van der Waals surface area (Å²) in [6.07, 6.45) is 0. The minimum atomic E-state index is -3.19. The zero-order valence-electron chi connectivity index (χ0n) is 28.7. The lowest BCUT2D eigenvalue weighted by molar-refractivity contribution is 0.592. The van der Waals surface area contributed by atoms with E-state index >= 15 is 4.57 Å². The first-order valence-electron chi connectivity index (χ1n) is 17.2. The first-order chi connectivity index (χ1) is 24.4. The fourth-order valence-corrected chi connectivity index (χ4v) is 11.3. The Labute approximate surface area is 293 Å². The van der Waals surface area contributed by atoms with E-state index < -0.39 is 7.14 Å². The predicted octanol–water partition coefficient (Wildman–Crippen LogP) is 11.1. The average molecular weight is 665 g/mol. The largest absolute Gasteiger partial charge is 0.309 e. The van der Waals surface area contributed by atoms with E-state index in [2.05, 4.69) is 134 Å². The Morgan fingerprint density at radius 2 is 1.00 bits per heavy atom. The standard InChI is InChI=1S/C46H37N2OP/c1-30-32(3)46(48-39-23-13-11-21-37(39)38-22-12-14-24-40(38)48)33(4)31(2)45(30)34-27-28-44-42(29-34)47(35-17-7-5-8-18-35)41-25-15-16-26-43(41)50(44,49)36-19-9-6-10-20-36/h5-29H,1-4H3. The third-order valence-electron chi connectivity index (χ3n) is 10.8. The van der Waals surface area contributed by atoms with Crippen molar-refractivity contribution in [2.45, 2.75) is 27.7 Å². The predicted molar refractivity (Wildman–Crippen MR) is 213 cm³/mol. The molecule has 0 N–H and O–H groups in total. The van der Waals surface area contributed by atoms with Crippen molar-refractivity contribution in [1.29, 1.82) is 0 Å². The summed E-state index contributed by atoms with van der Waals surface area (Å²) in [6.45, 7) is 9.04. The summed E-state index contributed by atoms with van der Waals surface area (Å²) in [4.78, 5) is 2.30. The first kappa shape index (κ1) is 30.4. The second-order valence-electron chi connectivity index (χ2n) is 13.4. The van der Waals surface area contributed by atoms with E-state index in [9.17, 15) is 0 Å². The second kappa shape index (κ2) is 11.5. The number of anilines is 3. The van der Waals surface area contributed by atoms with Crippen LogP contribution < -0.4 is 20.8 Å². The van der Waals surface area contributed by atoms with Gasteiger partial charge < -0.3 is 14.0 Å².